The molecule has 1 aromatic rings. The summed E-state index contributed by atoms with van der Waals surface area (Å²) in [6.07, 6.45) is -0.839. The summed E-state index contributed by atoms with van der Waals surface area (Å²) in [5, 5.41) is 10.4. The Hall–Kier alpha value is -1.59. The van der Waals surface area contributed by atoms with Crippen LogP contribution < -0.4 is 10.5 Å². The topological polar surface area (TPSA) is 81.8 Å². The summed E-state index contributed by atoms with van der Waals surface area (Å²) in [7, 11) is 1.57. The number of hydrogen-bond acceptors (Lipinski definition) is 5. The first-order chi connectivity index (χ1) is 9.17. The summed E-state index contributed by atoms with van der Waals surface area (Å²) in [5.41, 5.74) is 5.51. The molecule has 110 valence electrons. The van der Waals surface area contributed by atoms with Gasteiger partial charge in [-0.25, -0.2) is 4.79 Å². The molecule has 3 N–H and O–H groups in total. The first-order valence-electron chi connectivity index (χ1n) is 6.54. The minimum absolute atomic E-state index is 0.232. The van der Waals surface area contributed by atoms with Gasteiger partial charge in [0.25, 0.3) is 0 Å². The third kappa shape index (κ3) is 2.51. The summed E-state index contributed by atoms with van der Waals surface area (Å²) in [6, 6.07) is 5.26. The summed E-state index contributed by atoms with van der Waals surface area (Å²) >= 11 is 0. The number of methoxy groups -OCH3 is 1. The lowest BCUT2D eigenvalue weighted by Gasteiger charge is -2.30. The molecule has 1 aliphatic rings. The van der Waals surface area contributed by atoms with Crippen LogP contribution in [-0.4, -0.2) is 29.3 Å². The molecule has 0 amide bonds. The lowest BCUT2D eigenvalue weighted by molar-refractivity contribution is -0.165. The highest BCUT2D eigenvalue weighted by molar-refractivity contribution is 5.84. The molecule has 2 atom stereocenters. The van der Waals surface area contributed by atoms with Gasteiger partial charge in [0.15, 0.2) is 0 Å². The number of ether oxygens (including phenoxy) is 2. The van der Waals surface area contributed by atoms with Gasteiger partial charge < -0.3 is 20.3 Å². The number of carbonyl (C=O) groups is 1. The largest absolute Gasteiger partial charge is 0.497 e. The van der Waals surface area contributed by atoms with Crippen molar-refractivity contribution in [3.63, 3.8) is 0 Å². The van der Waals surface area contributed by atoms with E-state index < -0.39 is 23.2 Å². The Labute approximate surface area is 118 Å². The minimum Gasteiger partial charge on any atom is -0.497 e. The Morgan fingerprint density at radius 3 is 2.65 bits per heavy atom. The third-order valence-electron chi connectivity index (χ3n) is 3.39. The molecule has 5 heteroatoms. The van der Waals surface area contributed by atoms with E-state index in [-0.39, 0.29) is 6.42 Å². The van der Waals surface area contributed by atoms with E-state index in [4.69, 9.17) is 15.2 Å². The first-order valence-corrected chi connectivity index (χ1v) is 6.54. The molecule has 0 aromatic heterocycles. The first kappa shape index (κ1) is 14.8. The van der Waals surface area contributed by atoms with Crippen LogP contribution in [0.25, 0.3) is 0 Å². The molecule has 0 saturated heterocycles. The number of carbonyl (C=O) groups excluding carboxylic acids is 1. The molecule has 2 rings (SSSR count). The second-order valence-electron chi connectivity index (χ2n) is 6.19. The van der Waals surface area contributed by atoms with Crippen LogP contribution in [0.1, 0.15) is 38.0 Å². The molecule has 1 aliphatic carbocycles. The number of aliphatic hydroxyl groups excluding tert-OH is 1. The van der Waals surface area contributed by atoms with E-state index >= 15 is 0 Å². The fourth-order valence-corrected chi connectivity index (χ4v) is 2.38. The van der Waals surface area contributed by atoms with Crippen molar-refractivity contribution in [3.05, 3.63) is 29.3 Å². The summed E-state index contributed by atoms with van der Waals surface area (Å²) in [4.78, 5) is 12.3. The van der Waals surface area contributed by atoms with Crippen LogP contribution in [0.2, 0.25) is 0 Å². The molecule has 5 nitrogen and oxygen atoms in total. The van der Waals surface area contributed by atoms with Crippen molar-refractivity contribution >= 4 is 5.97 Å². The van der Waals surface area contributed by atoms with Gasteiger partial charge in [0, 0.05) is 6.42 Å². The standard InChI is InChI=1S/C15H21NO4/c1-14(2,3)20-13(18)15(16)8-9-7-10(19-4)5-6-11(9)12(15)17/h5-7,12,17H,8,16H2,1-4H3/t12-,15-/m1/s1/i16+1. The third-order valence-corrected chi connectivity index (χ3v) is 3.39. The number of fused-ring (bicyclic) bond motifs is 1. The predicted octanol–water partition coefficient (Wildman–Crippen LogP) is 1.32. The van der Waals surface area contributed by atoms with Crippen LogP contribution in [0.15, 0.2) is 18.2 Å². The van der Waals surface area contributed by atoms with Gasteiger partial charge in [-0.15, -0.1) is 0 Å². The minimum atomic E-state index is -1.44. The Morgan fingerprint density at radius 1 is 1.45 bits per heavy atom. The van der Waals surface area contributed by atoms with Crippen LogP contribution in [0.4, 0.5) is 0 Å². The van der Waals surface area contributed by atoms with Crippen molar-refractivity contribution in [3.8, 4) is 5.75 Å². The normalized spacial score (nSPS) is 25.2. The molecule has 0 fully saturated rings. The predicted molar refractivity (Wildman–Crippen MR) is 74.4 cm³/mol. The molecule has 0 spiro atoms. The summed E-state index contributed by atoms with van der Waals surface area (Å²) in [6.45, 7) is 5.31. The van der Waals surface area contributed by atoms with Gasteiger partial charge in [-0.1, -0.05) is 6.07 Å². The molecule has 0 heterocycles. The lowest BCUT2D eigenvalue weighted by Crippen LogP contribution is -2.54. The molecular formula is C15H21NO4. The van der Waals surface area contributed by atoms with Crippen LogP contribution in [-0.2, 0) is 16.0 Å². The fraction of sp³-hybridized carbons (Fsp3) is 0.533. The Balaban J connectivity index is 2.30. The van der Waals surface area contributed by atoms with Gasteiger partial charge >= 0.3 is 5.97 Å². The molecule has 1 aromatic carbocycles. The smallest absolute Gasteiger partial charge is 0.330 e. The zero-order valence-electron chi connectivity index (χ0n) is 12.3. The molecule has 20 heavy (non-hydrogen) atoms. The lowest BCUT2D eigenvalue weighted by atomic mass is 9.96. The van der Waals surface area contributed by atoms with Crippen molar-refractivity contribution in [2.45, 2.75) is 44.4 Å². The van der Waals surface area contributed by atoms with E-state index in [1.54, 1.807) is 46.1 Å². The average molecular weight is 280 g/mol. The Morgan fingerprint density at radius 2 is 2.10 bits per heavy atom. The molecule has 0 bridgehead atoms. The van der Waals surface area contributed by atoms with E-state index in [1.807, 2.05) is 0 Å². The molecule has 0 radical (unpaired) electrons. The van der Waals surface area contributed by atoms with Crippen molar-refractivity contribution in [2.24, 2.45) is 5.73 Å². The van der Waals surface area contributed by atoms with Crippen molar-refractivity contribution in [1.82, 2.24) is 0 Å². The molecule has 0 unspecified atom stereocenters. The van der Waals surface area contributed by atoms with Crippen LogP contribution >= 0.6 is 0 Å². The number of rotatable bonds is 2. The van der Waals surface area contributed by atoms with Gasteiger partial charge in [-0.2, -0.15) is 0 Å². The Bertz CT molecular complexity index is 535. The van der Waals surface area contributed by atoms with Crippen LogP contribution in [0, 0.1) is 0 Å². The molecular weight excluding hydrogens is 259 g/mol. The number of nitrogens with two attached hydrogens (primary N) is 1. The molecule has 0 saturated carbocycles. The maximum absolute atomic E-state index is 12.3. The maximum atomic E-state index is 12.3. The fourth-order valence-electron chi connectivity index (χ4n) is 2.38. The monoisotopic (exact) mass is 280 g/mol. The van der Waals surface area contributed by atoms with E-state index in [1.165, 1.54) is 0 Å². The highest BCUT2D eigenvalue weighted by Gasteiger charge is 2.50. The highest BCUT2D eigenvalue weighted by atomic mass is 16.6. The van der Waals surface area contributed by atoms with E-state index in [2.05, 4.69) is 0 Å². The second kappa shape index (κ2) is 4.75. The number of hydrogen-bond donors (Lipinski definition) is 2. The van der Waals surface area contributed by atoms with Crippen molar-refractivity contribution < 1.29 is 19.4 Å². The SMILES string of the molecule is COc1ccc2c(c1)C[C@]([15NH2])(C(=O)OC(C)(C)C)[C@@H]2O. The summed E-state index contributed by atoms with van der Waals surface area (Å²) in [5.74, 6) is 0.0806. The molecule has 0 aliphatic heterocycles. The quantitative estimate of drug-likeness (QED) is 0.631. The van der Waals surface area contributed by atoms with Gasteiger partial charge in [0.1, 0.15) is 23.0 Å². The maximum Gasteiger partial charge on any atom is 0.330 e. The average Bonchev–Trinajstić information content (AvgIpc) is 2.60. The van der Waals surface area contributed by atoms with Crippen molar-refractivity contribution in [1.29, 1.82) is 0 Å². The highest BCUT2D eigenvalue weighted by Crippen LogP contribution is 2.40. The van der Waals surface area contributed by atoms with Gasteiger partial charge in [0.2, 0.25) is 0 Å². The zero-order valence-corrected chi connectivity index (χ0v) is 12.3. The van der Waals surface area contributed by atoms with Gasteiger partial charge in [0.05, 0.1) is 7.11 Å². The second-order valence-corrected chi connectivity index (χ2v) is 6.19. The number of esters is 1. The van der Waals surface area contributed by atoms with Crippen LogP contribution in [0.3, 0.4) is 0 Å². The number of aliphatic hydroxyl groups is 1. The Kier molecular flexibility index (Phi) is 3.52. The van der Waals surface area contributed by atoms with Gasteiger partial charge in [-0.05, 0) is 44.0 Å². The zero-order chi connectivity index (χ0) is 15.1. The summed E-state index contributed by atoms with van der Waals surface area (Å²) < 4.78 is 10.5. The number of benzene rings is 1. The van der Waals surface area contributed by atoms with Gasteiger partial charge in [-0.3, -0.25) is 0 Å². The van der Waals surface area contributed by atoms with E-state index in [0.29, 0.717) is 11.3 Å². The van der Waals surface area contributed by atoms with Crippen LogP contribution in [0.5, 0.6) is 5.75 Å². The van der Waals surface area contributed by atoms with E-state index in [9.17, 15) is 9.90 Å². The van der Waals surface area contributed by atoms with E-state index in [0.717, 1.165) is 5.56 Å². The van der Waals surface area contributed by atoms with Crippen molar-refractivity contribution in [2.75, 3.05) is 7.11 Å².